The van der Waals surface area contributed by atoms with E-state index in [-0.39, 0.29) is 17.0 Å². The van der Waals surface area contributed by atoms with Crippen LogP contribution in [0.2, 0.25) is 0 Å². The molecule has 0 aliphatic heterocycles. The first-order valence-corrected chi connectivity index (χ1v) is 6.66. The van der Waals surface area contributed by atoms with Crippen molar-refractivity contribution in [3.63, 3.8) is 0 Å². The molecule has 0 spiro atoms. The summed E-state index contributed by atoms with van der Waals surface area (Å²) in [5.74, 6) is -0.968. The Morgan fingerprint density at radius 3 is 2.26 bits per heavy atom. The van der Waals surface area contributed by atoms with Gasteiger partial charge in [-0.15, -0.1) is 0 Å². The van der Waals surface area contributed by atoms with Crippen LogP contribution in [0.4, 0.5) is 11.4 Å². The van der Waals surface area contributed by atoms with E-state index in [9.17, 15) is 19.7 Å². The van der Waals surface area contributed by atoms with E-state index in [1.54, 1.807) is 24.5 Å². The van der Waals surface area contributed by atoms with Gasteiger partial charge in [-0.05, 0) is 42.8 Å². The van der Waals surface area contributed by atoms with Gasteiger partial charge >= 0.3 is 0 Å². The highest BCUT2D eigenvalue weighted by Crippen LogP contribution is 2.17. The molecule has 1 heterocycles. The lowest BCUT2D eigenvalue weighted by Crippen LogP contribution is -2.18. The molecule has 1 aromatic heterocycles. The van der Waals surface area contributed by atoms with Crippen LogP contribution in [-0.4, -0.2) is 21.6 Å². The van der Waals surface area contributed by atoms with E-state index >= 15 is 0 Å². The molecule has 0 aliphatic rings. The number of aromatic nitrogens is 1. The molecule has 0 saturated carbocycles. The van der Waals surface area contributed by atoms with Gasteiger partial charge in [0, 0.05) is 30.2 Å². The van der Waals surface area contributed by atoms with Gasteiger partial charge in [0.1, 0.15) is 0 Å². The molecule has 1 aromatic carbocycles. The Hall–Kier alpha value is -3.35. The molecule has 2 rings (SSSR count). The molecule has 0 bridgehead atoms. The van der Waals surface area contributed by atoms with Gasteiger partial charge in [-0.1, -0.05) is 0 Å². The first-order valence-electron chi connectivity index (χ1n) is 6.66. The number of ketones is 1. The van der Waals surface area contributed by atoms with Crippen LogP contribution in [0.1, 0.15) is 12.5 Å². The average molecular weight is 311 g/mol. The fraction of sp³-hybridized carbons (Fsp3) is 0.0625. The molecule has 23 heavy (non-hydrogen) atoms. The maximum absolute atomic E-state index is 12.2. The van der Waals surface area contributed by atoms with Crippen LogP contribution >= 0.6 is 0 Å². The quantitative estimate of drug-likeness (QED) is 0.300. The van der Waals surface area contributed by atoms with E-state index < -0.39 is 10.8 Å². The van der Waals surface area contributed by atoms with Crippen molar-refractivity contribution in [2.75, 3.05) is 5.32 Å². The van der Waals surface area contributed by atoms with Gasteiger partial charge < -0.3 is 5.32 Å². The Kier molecular flexibility index (Phi) is 4.93. The molecule has 0 fully saturated rings. The molecule has 7 nitrogen and oxygen atoms in total. The normalized spacial score (nSPS) is 10.9. The third-order valence-corrected chi connectivity index (χ3v) is 2.98. The second-order valence-corrected chi connectivity index (χ2v) is 4.65. The number of benzene rings is 1. The van der Waals surface area contributed by atoms with Crippen molar-refractivity contribution in [2.24, 2.45) is 0 Å². The Morgan fingerprint density at radius 2 is 1.74 bits per heavy atom. The van der Waals surface area contributed by atoms with Crippen LogP contribution in [-0.2, 0) is 9.59 Å². The minimum absolute atomic E-state index is 0.0189. The van der Waals surface area contributed by atoms with Crippen LogP contribution in [0.25, 0.3) is 6.08 Å². The highest BCUT2D eigenvalue weighted by Gasteiger charge is 2.15. The molecule has 7 heteroatoms. The molecule has 116 valence electrons. The first-order chi connectivity index (χ1) is 11.0. The largest absolute Gasteiger partial charge is 0.322 e. The van der Waals surface area contributed by atoms with Crippen molar-refractivity contribution >= 4 is 29.1 Å². The monoisotopic (exact) mass is 311 g/mol. The minimum Gasteiger partial charge on any atom is -0.322 e. The summed E-state index contributed by atoms with van der Waals surface area (Å²) in [5.41, 5.74) is 0.934. The van der Waals surface area contributed by atoms with Crippen molar-refractivity contribution in [3.8, 4) is 0 Å². The maximum Gasteiger partial charge on any atom is 0.269 e. The molecule has 1 N–H and O–H groups in total. The van der Waals surface area contributed by atoms with Crippen molar-refractivity contribution in [1.82, 2.24) is 4.98 Å². The highest BCUT2D eigenvalue weighted by molar-refractivity contribution is 6.25. The van der Waals surface area contributed by atoms with E-state index in [4.69, 9.17) is 0 Å². The van der Waals surface area contributed by atoms with Gasteiger partial charge in [0.15, 0.2) is 5.78 Å². The van der Waals surface area contributed by atoms with Crippen molar-refractivity contribution in [2.45, 2.75) is 6.92 Å². The first kappa shape index (κ1) is 16.0. The second kappa shape index (κ2) is 7.08. The number of nitrogens with zero attached hydrogens (tertiary/aromatic N) is 2. The van der Waals surface area contributed by atoms with E-state index in [0.717, 1.165) is 0 Å². The molecular weight excluding hydrogens is 298 g/mol. The summed E-state index contributed by atoms with van der Waals surface area (Å²) in [5, 5.41) is 13.1. The molecule has 0 radical (unpaired) electrons. The lowest BCUT2D eigenvalue weighted by molar-refractivity contribution is -0.384. The third-order valence-electron chi connectivity index (χ3n) is 2.98. The summed E-state index contributed by atoms with van der Waals surface area (Å²) in [4.78, 5) is 37.8. The van der Waals surface area contributed by atoms with E-state index in [2.05, 4.69) is 10.3 Å². The predicted molar refractivity (Wildman–Crippen MR) is 84.6 cm³/mol. The number of anilines is 1. The summed E-state index contributed by atoms with van der Waals surface area (Å²) < 4.78 is 0. The van der Waals surface area contributed by atoms with Crippen LogP contribution in [0.5, 0.6) is 0 Å². The van der Waals surface area contributed by atoms with Crippen LogP contribution in [0, 0.1) is 10.1 Å². The number of carbonyl (C=O) groups is 2. The van der Waals surface area contributed by atoms with Gasteiger partial charge in [-0.2, -0.15) is 0 Å². The number of amides is 1. The van der Waals surface area contributed by atoms with Gasteiger partial charge in [-0.25, -0.2) is 0 Å². The molecule has 0 unspecified atom stereocenters. The fourth-order valence-electron chi connectivity index (χ4n) is 1.82. The molecule has 0 aliphatic carbocycles. The Labute approximate surface area is 131 Å². The summed E-state index contributed by atoms with van der Waals surface area (Å²) in [6.45, 7) is 1.29. The lowest BCUT2D eigenvalue weighted by Gasteiger charge is -2.06. The SMILES string of the molecule is CC(=O)/C(=C\c1ccncc1)C(=O)Nc1ccc([N+](=O)[O-])cc1. The number of hydrogen-bond donors (Lipinski definition) is 1. The zero-order valence-electron chi connectivity index (χ0n) is 12.2. The number of nitro groups is 1. The third kappa shape index (κ3) is 4.31. The summed E-state index contributed by atoms with van der Waals surface area (Å²) in [6.07, 6.45) is 4.57. The zero-order valence-corrected chi connectivity index (χ0v) is 12.2. The van der Waals surface area contributed by atoms with Crippen molar-refractivity contribution in [1.29, 1.82) is 0 Å². The van der Waals surface area contributed by atoms with E-state index in [1.807, 2.05) is 0 Å². The zero-order chi connectivity index (χ0) is 16.8. The number of carbonyl (C=O) groups excluding carboxylic acids is 2. The van der Waals surface area contributed by atoms with Crippen molar-refractivity contribution < 1.29 is 14.5 Å². The molecular formula is C16H13N3O4. The van der Waals surface area contributed by atoms with Gasteiger partial charge in [0.25, 0.3) is 11.6 Å². The maximum atomic E-state index is 12.2. The molecule has 1 amide bonds. The standard InChI is InChI=1S/C16H13N3O4/c1-11(20)15(10-12-6-8-17-9-7-12)16(21)18-13-2-4-14(5-3-13)19(22)23/h2-10H,1H3,(H,18,21)/b15-10+. The summed E-state index contributed by atoms with van der Waals surface area (Å²) in [7, 11) is 0. The predicted octanol–water partition coefficient (Wildman–Crippen LogP) is 2.60. The van der Waals surface area contributed by atoms with Crippen LogP contribution in [0.15, 0.2) is 54.4 Å². The van der Waals surface area contributed by atoms with Gasteiger partial charge in [0.2, 0.25) is 0 Å². The number of rotatable bonds is 5. The second-order valence-electron chi connectivity index (χ2n) is 4.65. The lowest BCUT2D eigenvalue weighted by atomic mass is 10.1. The number of Topliss-reactive ketones (excluding diaryl/α,β-unsaturated/α-hetero) is 1. The minimum atomic E-state index is -0.580. The number of pyridine rings is 1. The Balaban J connectivity index is 2.20. The van der Waals surface area contributed by atoms with Gasteiger partial charge in [0.05, 0.1) is 10.5 Å². The van der Waals surface area contributed by atoms with Gasteiger partial charge in [-0.3, -0.25) is 24.7 Å². The van der Waals surface area contributed by atoms with Crippen LogP contribution < -0.4 is 5.32 Å². The summed E-state index contributed by atoms with van der Waals surface area (Å²) >= 11 is 0. The molecule has 0 atom stereocenters. The summed E-state index contributed by atoms with van der Waals surface area (Å²) in [6, 6.07) is 8.69. The number of non-ortho nitro benzene ring substituents is 1. The highest BCUT2D eigenvalue weighted by atomic mass is 16.6. The van der Waals surface area contributed by atoms with Crippen molar-refractivity contribution in [3.05, 3.63) is 70.0 Å². The molecule has 2 aromatic rings. The topological polar surface area (TPSA) is 102 Å². The molecule has 0 saturated heterocycles. The number of nitro benzene ring substituents is 1. The Morgan fingerprint density at radius 1 is 1.13 bits per heavy atom. The van der Waals surface area contributed by atoms with Crippen LogP contribution in [0.3, 0.4) is 0 Å². The smallest absolute Gasteiger partial charge is 0.269 e. The van der Waals surface area contributed by atoms with E-state index in [1.165, 1.54) is 37.3 Å². The fourth-order valence-corrected chi connectivity index (χ4v) is 1.82. The average Bonchev–Trinajstić information content (AvgIpc) is 2.53. The Bertz CT molecular complexity index is 768. The number of nitrogens with one attached hydrogen (secondary N) is 1. The van der Waals surface area contributed by atoms with E-state index in [0.29, 0.717) is 11.3 Å². The number of hydrogen-bond acceptors (Lipinski definition) is 5.